The van der Waals surface area contributed by atoms with Crippen molar-refractivity contribution in [3.63, 3.8) is 0 Å². The molecule has 0 nitrogen and oxygen atoms in total. The van der Waals surface area contributed by atoms with Crippen LogP contribution in [0.5, 0.6) is 0 Å². The van der Waals surface area contributed by atoms with E-state index >= 15 is 0 Å². The van der Waals surface area contributed by atoms with Gasteiger partial charge in [0.15, 0.2) is 0 Å². The zero-order chi connectivity index (χ0) is 7.56. The number of allylic oxidation sites excluding steroid dienone is 3. The lowest BCUT2D eigenvalue weighted by Crippen LogP contribution is -1.90. The van der Waals surface area contributed by atoms with Crippen LogP contribution in [0, 0.1) is 6.42 Å². The van der Waals surface area contributed by atoms with Crippen LogP contribution in [-0.2, 0) is 0 Å². The first-order valence-electron chi connectivity index (χ1n) is 2.88. The first kappa shape index (κ1) is 8.34. The van der Waals surface area contributed by atoms with Crippen LogP contribution in [0.25, 0.3) is 0 Å². The predicted octanol–water partition coefficient (Wildman–Crippen LogP) is 3.42. The normalized spacial score (nSPS) is 19.3. The highest BCUT2D eigenvalue weighted by Gasteiger charge is 2.12. The van der Waals surface area contributed by atoms with E-state index in [-0.39, 0.29) is 5.83 Å². The summed E-state index contributed by atoms with van der Waals surface area (Å²) in [6.07, 6.45) is 6.39. The molecule has 1 rings (SSSR count). The van der Waals surface area contributed by atoms with Crippen LogP contribution < -0.4 is 0 Å². The highest BCUT2D eigenvalue weighted by atomic mass is 79.9. The second-order valence-corrected chi connectivity index (χ2v) is 3.58. The van der Waals surface area contributed by atoms with Crippen molar-refractivity contribution >= 4 is 27.7 Å². The molecule has 0 aromatic rings. The lowest BCUT2D eigenvalue weighted by atomic mass is 10.2. The van der Waals surface area contributed by atoms with Gasteiger partial charge in [0.05, 0.1) is 0 Å². The number of hydrogen-bond donors (Lipinski definition) is 0. The molecule has 0 amide bonds. The van der Waals surface area contributed by atoms with Gasteiger partial charge in [-0.25, -0.2) is 4.39 Å². The van der Waals surface area contributed by atoms with E-state index in [0.717, 1.165) is 11.3 Å². The molecule has 0 saturated carbocycles. The minimum absolute atomic E-state index is 0.140. The zero-order valence-electron chi connectivity index (χ0n) is 5.53. The summed E-state index contributed by atoms with van der Waals surface area (Å²) in [5, 5.41) is 0. The summed E-state index contributed by atoms with van der Waals surface area (Å²) in [7, 11) is 0. The van der Waals surface area contributed by atoms with Gasteiger partial charge in [0, 0.05) is 15.8 Å². The molecule has 0 spiro atoms. The van der Waals surface area contributed by atoms with Crippen molar-refractivity contribution in [3.8, 4) is 0 Å². The molecular formula is C7H7BrFS. The lowest BCUT2D eigenvalue weighted by molar-refractivity contribution is 0.655. The molecule has 0 aromatic carbocycles. The number of thioether (sulfide) groups is 1. The summed E-state index contributed by atoms with van der Waals surface area (Å²) >= 11 is 4.57. The molecule has 0 N–H and O–H groups in total. The summed E-state index contributed by atoms with van der Waals surface area (Å²) in [6.45, 7) is 0. The Bertz CT molecular complexity index is 196. The van der Waals surface area contributed by atoms with Crippen molar-refractivity contribution < 1.29 is 4.39 Å². The van der Waals surface area contributed by atoms with Gasteiger partial charge < -0.3 is 0 Å². The fourth-order valence-corrected chi connectivity index (χ4v) is 1.82. The fraction of sp³-hybridized carbons (Fsp3) is 0.286. The molecule has 55 valence electrons. The van der Waals surface area contributed by atoms with E-state index in [2.05, 4.69) is 15.9 Å². The quantitative estimate of drug-likeness (QED) is 0.655. The first-order chi connectivity index (χ1) is 4.75. The third-order valence-corrected chi connectivity index (χ3v) is 2.70. The van der Waals surface area contributed by atoms with Crippen molar-refractivity contribution in [1.82, 2.24) is 0 Å². The molecule has 0 unspecified atom stereocenters. The maximum absolute atomic E-state index is 13.0. The van der Waals surface area contributed by atoms with Gasteiger partial charge in [-0.3, -0.25) is 0 Å². The summed E-state index contributed by atoms with van der Waals surface area (Å²) in [5.74, 6) is -0.140. The minimum Gasteiger partial charge on any atom is -0.205 e. The molecular weight excluding hydrogens is 215 g/mol. The van der Waals surface area contributed by atoms with Crippen LogP contribution in [0.3, 0.4) is 0 Å². The molecule has 0 bridgehead atoms. The Morgan fingerprint density at radius 2 is 2.40 bits per heavy atom. The third-order valence-electron chi connectivity index (χ3n) is 1.25. The number of rotatable bonds is 1. The summed E-state index contributed by atoms with van der Waals surface area (Å²) in [4.78, 5) is 0.731. The van der Waals surface area contributed by atoms with Crippen molar-refractivity contribution in [1.29, 1.82) is 0 Å². The number of halogens is 2. The number of hydrogen-bond acceptors (Lipinski definition) is 1. The predicted molar refractivity (Wildman–Crippen MR) is 47.6 cm³/mol. The van der Waals surface area contributed by atoms with Gasteiger partial charge in [0.1, 0.15) is 5.83 Å². The second-order valence-electron chi connectivity index (χ2n) is 1.87. The van der Waals surface area contributed by atoms with Crippen molar-refractivity contribution in [2.45, 2.75) is 6.42 Å². The summed E-state index contributed by atoms with van der Waals surface area (Å²) in [5.41, 5.74) is 0. The van der Waals surface area contributed by atoms with Crippen molar-refractivity contribution in [3.05, 3.63) is 27.7 Å². The molecule has 0 aromatic heterocycles. The summed E-state index contributed by atoms with van der Waals surface area (Å²) < 4.78 is 13.5. The molecule has 0 heterocycles. The van der Waals surface area contributed by atoms with E-state index in [1.165, 1.54) is 11.8 Å². The molecule has 3 heteroatoms. The van der Waals surface area contributed by atoms with Crippen LogP contribution in [0.2, 0.25) is 0 Å². The highest BCUT2D eigenvalue weighted by Crippen LogP contribution is 2.34. The average Bonchev–Trinajstić information content (AvgIpc) is 1.95. The van der Waals surface area contributed by atoms with Gasteiger partial charge >= 0.3 is 0 Å². The Kier molecular flexibility index (Phi) is 2.98. The Morgan fingerprint density at radius 3 is 2.90 bits per heavy atom. The Balaban J connectivity index is 2.83. The van der Waals surface area contributed by atoms with E-state index in [1.54, 1.807) is 0 Å². The van der Waals surface area contributed by atoms with Crippen molar-refractivity contribution in [2.24, 2.45) is 0 Å². The maximum atomic E-state index is 13.0. The molecule has 0 aliphatic heterocycles. The second kappa shape index (κ2) is 3.58. The Morgan fingerprint density at radius 1 is 1.70 bits per heavy atom. The van der Waals surface area contributed by atoms with Crippen molar-refractivity contribution in [2.75, 3.05) is 6.26 Å². The third kappa shape index (κ3) is 1.64. The monoisotopic (exact) mass is 221 g/mol. The van der Waals surface area contributed by atoms with Crippen LogP contribution in [0.1, 0.15) is 6.42 Å². The van der Waals surface area contributed by atoms with Gasteiger partial charge in [-0.2, -0.15) is 0 Å². The first-order valence-corrected chi connectivity index (χ1v) is 4.90. The van der Waals surface area contributed by atoms with Crippen LogP contribution in [-0.4, -0.2) is 6.26 Å². The largest absolute Gasteiger partial charge is 0.205 e. The zero-order valence-corrected chi connectivity index (χ0v) is 7.93. The highest BCUT2D eigenvalue weighted by molar-refractivity contribution is 9.11. The molecule has 10 heavy (non-hydrogen) atoms. The fourth-order valence-electron chi connectivity index (χ4n) is 0.739. The van der Waals surface area contributed by atoms with Gasteiger partial charge in [-0.05, 0) is 12.7 Å². The topological polar surface area (TPSA) is 0 Å². The Labute approximate surface area is 72.7 Å². The van der Waals surface area contributed by atoms with Crippen LogP contribution in [0.15, 0.2) is 21.3 Å². The molecule has 1 aliphatic carbocycles. The van der Waals surface area contributed by atoms with E-state index in [4.69, 9.17) is 0 Å². The van der Waals surface area contributed by atoms with Crippen LogP contribution in [0.4, 0.5) is 4.39 Å². The molecule has 1 radical (unpaired) electrons. The van der Waals surface area contributed by atoms with Gasteiger partial charge in [-0.15, -0.1) is 11.8 Å². The molecule has 0 saturated heterocycles. The van der Waals surface area contributed by atoms with Gasteiger partial charge in [-0.1, -0.05) is 22.0 Å². The maximum Gasteiger partial charge on any atom is 0.146 e. The molecule has 0 fully saturated rings. The Hall–Kier alpha value is 0.240. The summed E-state index contributed by atoms with van der Waals surface area (Å²) in [6, 6.07) is 0. The molecule has 0 atom stereocenters. The van der Waals surface area contributed by atoms with E-state index < -0.39 is 0 Å². The van der Waals surface area contributed by atoms with E-state index in [9.17, 15) is 4.39 Å². The lowest BCUT2D eigenvalue weighted by Gasteiger charge is -2.09. The van der Waals surface area contributed by atoms with Crippen LogP contribution >= 0.6 is 27.7 Å². The van der Waals surface area contributed by atoms with E-state index in [1.807, 2.05) is 18.8 Å². The van der Waals surface area contributed by atoms with Gasteiger partial charge in [0.2, 0.25) is 0 Å². The standard InChI is InChI=1S/C7H7BrFS/c1-10-6-4-2-3-5(8)7(6)9/h3-4H,2H2,1H3. The molecule has 1 aliphatic rings. The average molecular weight is 222 g/mol. The minimum atomic E-state index is -0.140. The smallest absolute Gasteiger partial charge is 0.146 e. The SMILES string of the molecule is CSC1=CC[CH]C(Br)=C1F. The van der Waals surface area contributed by atoms with Gasteiger partial charge in [0.25, 0.3) is 0 Å². The van der Waals surface area contributed by atoms with E-state index in [0.29, 0.717) is 4.48 Å².